The summed E-state index contributed by atoms with van der Waals surface area (Å²) in [4.78, 5) is 25.8. The van der Waals surface area contributed by atoms with Crippen LogP contribution in [0.4, 0.5) is 5.69 Å². The third kappa shape index (κ3) is 5.08. The van der Waals surface area contributed by atoms with Crippen LogP contribution < -0.4 is 15.0 Å². The largest absolute Gasteiger partial charge is 0.492 e. The Kier molecular flexibility index (Phi) is 6.57. The lowest BCUT2D eigenvalue weighted by Gasteiger charge is -2.23. The van der Waals surface area contributed by atoms with Crippen LogP contribution in [0.25, 0.3) is 0 Å². The molecule has 0 aliphatic rings. The summed E-state index contributed by atoms with van der Waals surface area (Å²) in [6.45, 7) is 6.20. The second-order valence-corrected chi connectivity index (χ2v) is 5.71. The Balaban J connectivity index is 2.08. The molecule has 2 aromatic rings. The Morgan fingerprint density at radius 1 is 1.08 bits per heavy atom. The molecule has 0 aliphatic heterocycles. The van der Waals surface area contributed by atoms with Gasteiger partial charge in [-0.1, -0.05) is 36.4 Å². The lowest BCUT2D eigenvalue weighted by atomic mass is 10.1. The highest BCUT2D eigenvalue weighted by atomic mass is 16.5. The van der Waals surface area contributed by atoms with Crippen LogP contribution in [-0.4, -0.2) is 25.0 Å². The highest BCUT2D eigenvalue weighted by molar-refractivity contribution is 5.98. The number of anilines is 1. The second-order valence-electron chi connectivity index (χ2n) is 5.71. The first-order chi connectivity index (χ1) is 12.0. The van der Waals surface area contributed by atoms with E-state index in [1.54, 1.807) is 12.1 Å². The molecule has 5 heteroatoms. The van der Waals surface area contributed by atoms with Gasteiger partial charge in [-0.2, -0.15) is 0 Å². The van der Waals surface area contributed by atoms with Gasteiger partial charge in [-0.3, -0.25) is 14.5 Å². The van der Waals surface area contributed by atoms with Crippen molar-refractivity contribution < 1.29 is 14.3 Å². The van der Waals surface area contributed by atoms with E-state index in [0.717, 1.165) is 11.1 Å². The third-order valence-electron chi connectivity index (χ3n) is 3.87. The molecule has 0 aromatic heterocycles. The molecule has 132 valence electrons. The molecule has 0 bridgehead atoms. The van der Waals surface area contributed by atoms with Gasteiger partial charge in [-0.15, -0.1) is 0 Å². The molecule has 5 nitrogen and oxygen atoms in total. The molecule has 0 radical (unpaired) electrons. The second kappa shape index (κ2) is 8.87. The number of para-hydroxylation sites is 2. The molecule has 2 rings (SSSR count). The number of hydrogen-bond acceptors (Lipinski definition) is 3. The van der Waals surface area contributed by atoms with Crippen molar-refractivity contribution in [3.05, 3.63) is 59.7 Å². The van der Waals surface area contributed by atoms with Crippen LogP contribution in [0, 0.1) is 6.92 Å². The number of amides is 2. The first-order valence-electron chi connectivity index (χ1n) is 8.34. The van der Waals surface area contributed by atoms with E-state index in [-0.39, 0.29) is 18.4 Å². The van der Waals surface area contributed by atoms with Crippen LogP contribution in [0.2, 0.25) is 0 Å². The molecule has 0 fully saturated rings. The van der Waals surface area contributed by atoms with Gasteiger partial charge in [-0.05, 0) is 37.1 Å². The summed E-state index contributed by atoms with van der Waals surface area (Å²) in [5.41, 5.74) is 2.77. The zero-order chi connectivity index (χ0) is 18.2. The van der Waals surface area contributed by atoms with Gasteiger partial charge >= 0.3 is 0 Å². The normalized spacial score (nSPS) is 10.2. The van der Waals surface area contributed by atoms with Gasteiger partial charge < -0.3 is 10.1 Å². The summed E-state index contributed by atoms with van der Waals surface area (Å²) >= 11 is 0. The van der Waals surface area contributed by atoms with E-state index in [0.29, 0.717) is 24.6 Å². The summed E-state index contributed by atoms with van der Waals surface area (Å²) in [5.74, 6) is 0.162. The quantitative estimate of drug-likeness (QED) is 0.843. The fourth-order valence-electron chi connectivity index (χ4n) is 2.53. The number of hydrogen-bond donors (Lipinski definition) is 1. The fourth-order valence-corrected chi connectivity index (χ4v) is 2.53. The van der Waals surface area contributed by atoms with Crippen molar-refractivity contribution in [3.8, 4) is 5.75 Å². The third-order valence-corrected chi connectivity index (χ3v) is 3.87. The van der Waals surface area contributed by atoms with Gasteiger partial charge in [0, 0.05) is 13.5 Å². The van der Waals surface area contributed by atoms with Crippen molar-refractivity contribution in [2.75, 3.05) is 18.1 Å². The zero-order valence-electron chi connectivity index (χ0n) is 14.9. The first kappa shape index (κ1) is 18.5. The minimum absolute atomic E-state index is 0.0503. The van der Waals surface area contributed by atoms with Crippen molar-refractivity contribution in [1.82, 2.24) is 5.32 Å². The maximum Gasteiger partial charge on any atom is 0.240 e. The van der Waals surface area contributed by atoms with Crippen molar-refractivity contribution in [2.24, 2.45) is 0 Å². The highest BCUT2D eigenvalue weighted by Crippen LogP contribution is 2.28. The number of carbonyl (C=O) groups is 2. The van der Waals surface area contributed by atoms with Crippen LogP contribution in [0.1, 0.15) is 25.0 Å². The van der Waals surface area contributed by atoms with Crippen LogP contribution >= 0.6 is 0 Å². The Morgan fingerprint density at radius 2 is 1.76 bits per heavy atom. The summed E-state index contributed by atoms with van der Waals surface area (Å²) < 4.78 is 5.57. The molecule has 0 saturated heterocycles. The number of nitrogens with zero attached hydrogens (tertiary/aromatic N) is 1. The predicted octanol–water partition coefficient (Wildman–Crippen LogP) is 3.06. The van der Waals surface area contributed by atoms with Crippen LogP contribution in [0.15, 0.2) is 48.5 Å². The van der Waals surface area contributed by atoms with E-state index in [2.05, 4.69) is 5.32 Å². The molecular weight excluding hydrogens is 316 g/mol. The SMILES string of the molecule is CCOc1ccccc1N(CC(=O)NCc1ccccc1C)C(C)=O. The van der Waals surface area contributed by atoms with Crippen LogP contribution in [0.3, 0.4) is 0 Å². The number of rotatable bonds is 7. The van der Waals surface area contributed by atoms with E-state index < -0.39 is 0 Å². The van der Waals surface area contributed by atoms with Crippen molar-refractivity contribution in [3.63, 3.8) is 0 Å². The fraction of sp³-hybridized carbons (Fsp3) is 0.300. The van der Waals surface area contributed by atoms with E-state index in [1.165, 1.54) is 11.8 Å². The molecular formula is C20H24N2O3. The molecule has 0 heterocycles. The maximum absolute atomic E-state index is 12.3. The van der Waals surface area contributed by atoms with E-state index >= 15 is 0 Å². The van der Waals surface area contributed by atoms with Crippen molar-refractivity contribution in [1.29, 1.82) is 0 Å². The Bertz CT molecular complexity index is 743. The molecule has 0 atom stereocenters. The van der Waals surface area contributed by atoms with Crippen LogP contribution in [0.5, 0.6) is 5.75 Å². The summed E-state index contributed by atoms with van der Waals surface area (Å²) in [6, 6.07) is 15.1. The molecule has 0 spiro atoms. The van der Waals surface area contributed by atoms with E-state index in [1.807, 2.05) is 50.2 Å². The Morgan fingerprint density at radius 3 is 2.44 bits per heavy atom. The van der Waals surface area contributed by atoms with Gasteiger partial charge in [0.25, 0.3) is 0 Å². The number of aryl methyl sites for hydroxylation is 1. The summed E-state index contributed by atoms with van der Waals surface area (Å²) in [5, 5.41) is 2.87. The van der Waals surface area contributed by atoms with Gasteiger partial charge in [0.2, 0.25) is 11.8 Å². The standard InChI is InChI=1S/C20H24N2O3/c1-4-25-19-12-8-7-11-18(19)22(16(3)23)14-20(24)21-13-17-10-6-5-9-15(17)2/h5-12H,4,13-14H2,1-3H3,(H,21,24). The van der Waals surface area contributed by atoms with Gasteiger partial charge in [0.15, 0.2) is 0 Å². The minimum Gasteiger partial charge on any atom is -0.492 e. The van der Waals surface area contributed by atoms with Crippen molar-refractivity contribution >= 4 is 17.5 Å². The molecule has 0 aliphatic carbocycles. The Labute approximate surface area is 148 Å². The van der Waals surface area contributed by atoms with Gasteiger partial charge in [-0.25, -0.2) is 0 Å². The lowest BCUT2D eigenvalue weighted by Crippen LogP contribution is -2.39. The lowest BCUT2D eigenvalue weighted by molar-refractivity contribution is -0.123. The molecule has 25 heavy (non-hydrogen) atoms. The maximum atomic E-state index is 12.3. The topological polar surface area (TPSA) is 58.6 Å². The molecule has 1 N–H and O–H groups in total. The summed E-state index contributed by atoms with van der Waals surface area (Å²) in [6.07, 6.45) is 0. The Hall–Kier alpha value is -2.82. The van der Waals surface area contributed by atoms with Crippen LogP contribution in [-0.2, 0) is 16.1 Å². The first-order valence-corrected chi connectivity index (χ1v) is 8.34. The summed E-state index contributed by atoms with van der Waals surface area (Å²) in [7, 11) is 0. The molecule has 0 unspecified atom stereocenters. The monoisotopic (exact) mass is 340 g/mol. The van der Waals surface area contributed by atoms with E-state index in [4.69, 9.17) is 4.74 Å². The molecule has 2 amide bonds. The highest BCUT2D eigenvalue weighted by Gasteiger charge is 2.19. The molecule has 2 aromatic carbocycles. The number of ether oxygens (including phenoxy) is 1. The van der Waals surface area contributed by atoms with Crippen molar-refractivity contribution in [2.45, 2.75) is 27.3 Å². The number of benzene rings is 2. The predicted molar refractivity (Wildman–Crippen MR) is 98.7 cm³/mol. The van der Waals surface area contributed by atoms with Gasteiger partial charge in [0.05, 0.1) is 12.3 Å². The number of nitrogens with one attached hydrogen (secondary N) is 1. The molecule has 0 saturated carbocycles. The minimum atomic E-state index is -0.218. The average molecular weight is 340 g/mol. The average Bonchev–Trinajstić information content (AvgIpc) is 2.60. The van der Waals surface area contributed by atoms with E-state index in [9.17, 15) is 9.59 Å². The smallest absolute Gasteiger partial charge is 0.240 e. The van der Waals surface area contributed by atoms with Gasteiger partial charge in [0.1, 0.15) is 12.3 Å². The number of carbonyl (C=O) groups excluding carboxylic acids is 2. The zero-order valence-corrected chi connectivity index (χ0v) is 14.9.